The molecule has 13 heteroatoms. The lowest BCUT2D eigenvalue weighted by atomic mass is 9.83. The third kappa shape index (κ3) is 18.1. The van der Waals surface area contributed by atoms with Crippen molar-refractivity contribution in [2.45, 2.75) is 152 Å². The number of hydrogen-bond acceptors (Lipinski definition) is 12. The zero-order valence-electron chi connectivity index (χ0n) is 63.7. The average Bonchev–Trinajstić information content (AvgIpc) is 1.61. The lowest BCUT2D eigenvalue weighted by molar-refractivity contribution is -0.387. The molecule has 4 heterocycles. The monoisotopic (exact) mass is 1520 g/mol. The number of halogens is 1. The molecule has 0 unspecified atom stereocenters. The maximum Gasteiger partial charge on any atom is 0.226 e. The lowest BCUT2D eigenvalue weighted by Gasteiger charge is -2.51. The topological polar surface area (TPSA) is 111 Å². The van der Waals surface area contributed by atoms with Gasteiger partial charge < -0.3 is 56.8 Å². The zero-order chi connectivity index (χ0) is 76.4. The van der Waals surface area contributed by atoms with Crippen molar-refractivity contribution in [3.63, 3.8) is 0 Å². The van der Waals surface area contributed by atoms with Gasteiger partial charge in [-0.1, -0.05) is 322 Å². The summed E-state index contributed by atoms with van der Waals surface area (Å²) in [6.07, 6.45) is -3.29. The minimum Gasteiger partial charge on any atom is -0.374 e. The van der Waals surface area contributed by atoms with Crippen molar-refractivity contribution in [2.75, 3.05) is 13.2 Å². The Morgan fingerprint density at radius 2 is 0.584 bits per heavy atom. The van der Waals surface area contributed by atoms with Gasteiger partial charge in [0, 0.05) is 17.0 Å². The Morgan fingerprint density at radius 1 is 0.301 bits per heavy atom. The van der Waals surface area contributed by atoms with Crippen molar-refractivity contribution in [3.05, 3.63) is 417 Å². The Morgan fingerprint density at radius 3 is 0.920 bits per heavy atom. The summed E-state index contributed by atoms with van der Waals surface area (Å²) in [5.41, 5.74) is 17.2. The van der Waals surface area contributed by atoms with Gasteiger partial charge >= 0.3 is 0 Å². The van der Waals surface area contributed by atoms with Gasteiger partial charge in [0.1, 0.15) is 48.8 Å². The molecule has 0 radical (unpaired) electrons. The molecule has 17 rings (SSSR count). The van der Waals surface area contributed by atoms with Crippen LogP contribution < -0.4 is 0 Å². The first-order valence-electron chi connectivity index (χ1n) is 39.4. The molecular weight excluding hydrogens is 1430 g/mol. The standard InChI is InChI=1S/C54H52O6.C46H43ClO6/c1-2-39-27-29-40(30-28-39)31-45-32-49-48(47-26-16-15-25-46(45)47)37-59-54(49)53(58-36-44-23-13-6-14-24-44)52(57-35-43-21-11-5-12-22-43)51(56-34-42-19-9-4-10-20-42)50(60-54)38-55-33-41-17-7-3-8-18-41;47-26-37-25-41-40(39-24-14-13-23-38(37)39)31-52-46(41)45(51-30-36-21-11-4-12-22-36)44(50-29-35-19-9-3-10-20-35)43(49-28-34-17-7-2-8-18-34)42(53-46)32-48-27-33-15-5-1-6-16-33/h3-30,32,50-53H,2,31,33-38H2,1H3;1-25,42-45H,26-32H2/t50-,51-,52+,53-,54+;42-,43-,44+,45-,46+/m11/s1. The van der Waals surface area contributed by atoms with Crippen LogP contribution in [0.3, 0.4) is 0 Å². The van der Waals surface area contributed by atoms with E-state index in [0.29, 0.717) is 71.9 Å². The molecule has 2 saturated heterocycles. The van der Waals surface area contributed by atoms with Crippen molar-refractivity contribution in [3.8, 4) is 0 Å². The predicted molar refractivity (Wildman–Crippen MR) is 441 cm³/mol. The number of ether oxygens (including phenoxy) is 12. The van der Waals surface area contributed by atoms with Crippen molar-refractivity contribution >= 4 is 33.1 Å². The molecule has 0 aliphatic carbocycles. The first-order chi connectivity index (χ1) is 55.9. The number of fused-ring (bicyclic) bond motifs is 8. The van der Waals surface area contributed by atoms with E-state index in [0.717, 1.165) is 101 Å². The third-order valence-corrected chi connectivity index (χ3v) is 22.2. The Balaban J connectivity index is 0.000000172. The fraction of sp³-hybridized carbons (Fsp3) is 0.260. The van der Waals surface area contributed by atoms with Gasteiger partial charge in [-0.25, -0.2) is 0 Å². The first-order valence-corrected chi connectivity index (χ1v) is 39.9. The zero-order valence-corrected chi connectivity index (χ0v) is 64.4. The van der Waals surface area contributed by atoms with Crippen LogP contribution in [0.1, 0.15) is 95.9 Å². The largest absolute Gasteiger partial charge is 0.374 e. The molecule has 0 amide bonds. The van der Waals surface area contributed by atoms with Crippen molar-refractivity contribution in [1.82, 2.24) is 0 Å². The highest BCUT2D eigenvalue weighted by Gasteiger charge is 2.63. The second kappa shape index (κ2) is 37.4. The molecule has 0 bridgehead atoms. The van der Waals surface area contributed by atoms with Crippen molar-refractivity contribution in [1.29, 1.82) is 0 Å². The van der Waals surface area contributed by atoms with E-state index in [-0.39, 0.29) is 13.2 Å². The molecule has 13 aromatic carbocycles. The molecular formula is C100H95ClO12. The maximum absolute atomic E-state index is 7.49. The van der Waals surface area contributed by atoms with E-state index in [1.807, 2.05) is 152 Å². The normalized spacial score (nSPS) is 21.6. The molecule has 2 fully saturated rings. The van der Waals surface area contributed by atoms with Crippen LogP contribution >= 0.6 is 11.6 Å². The van der Waals surface area contributed by atoms with Crippen LogP contribution in [-0.4, -0.2) is 62.0 Å². The second-order valence-electron chi connectivity index (χ2n) is 29.4. The Kier molecular flexibility index (Phi) is 25.6. The number of benzene rings is 13. The minimum absolute atomic E-state index is 0.237. The first kappa shape index (κ1) is 77.1. The minimum atomic E-state index is -1.34. The van der Waals surface area contributed by atoms with E-state index in [4.69, 9.17) is 68.4 Å². The van der Waals surface area contributed by atoms with Crippen LogP contribution in [0.5, 0.6) is 0 Å². The van der Waals surface area contributed by atoms with Gasteiger partial charge in [0.05, 0.1) is 79.3 Å². The smallest absolute Gasteiger partial charge is 0.226 e. The molecule has 12 nitrogen and oxygen atoms in total. The highest BCUT2D eigenvalue weighted by Crippen LogP contribution is 2.54. The van der Waals surface area contributed by atoms with E-state index in [9.17, 15) is 0 Å². The number of alkyl halides is 1. The van der Waals surface area contributed by atoms with Gasteiger partial charge in [-0.3, -0.25) is 0 Å². The summed E-state index contributed by atoms with van der Waals surface area (Å²) in [5, 5.41) is 4.54. The van der Waals surface area contributed by atoms with Gasteiger partial charge in [0.2, 0.25) is 11.6 Å². The van der Waals surface area contributed by atoms with Crippen LogP contribution in [-0.2, 0) is 153 Å². The summed E-state index contributed by atoms with van der Waals surface area (Å²) in [5.74, 6) is -2.35. The molecule has 4 aliphatic rings. The molecule has 13 aromatic rings. The van der Waals surface area contributed by atoms with Crippen molar-refractivity contribution < 1.29 is 56.8 Å². The summed E-state index contributed by atoms with van der Waals surface area (Å²) < 4.78 is 84.1. The van der Waals surface area contributed by atoms with E-state index in [2.05, 4.69) is 183 Å². The van der Waals surface area contributed by atoms with Crippen LogP contribution in [0.2, 0.25) is 0 Å². The van der Waals surface area contributed by atoms with Gasteiger partial charge in [0.25, 0.3) is 0 Å². The van der Waals surface area contributed by atoms with Gasteiger partial charge in [-0.05, 0) is 124 Å². The van der Waals surface area contributed by atoms with Crippen LogP contribution in [0.4, 0.5) is 0 Å². The average molecular weight is 1520 g/mol. The van der Waals surface area contributed by atoms with Crippen LogP contribution in [0, 0.1) is 0 Å². The predicted octanol–water partition coefficient (Wildman–Crippen LogP) is 20.7. The molecule has 0 saturated carbocycles. The number of hydrogen-bond donors (Lipinski definition) is 0. The summed E-state index contributed by atoms with van der Waals surface area (Å²) in [7, 11) is 0. The molecule has 10 atom stereocenters. The van der Waals surface area contributed by atoms with Gasteiger partial charge in [0.15, 0.2) is 0 Å². The fourth-order valence-electron chi connectivity index (χ4n) is 16.2. The summed E-state index contributed by atoms with van der Waals surface area (Å²) in [6.45, 7) is 6.24. The van der Waals surface area contributed by atoms with E-state index < -0.39 is 60.4 Å². The molecule has 574 valence electrons. The quantitative estimate of drug-likeness (QED) is 0.0400. The molecule has 0 aromatic heterocycles. The highest BCUT2D eigenvalue weighted by atomic mass is 35.5. The lowest BCUT2D eigenvalue weighted by Crippen LogP contribution is -2.65. The van der Waals surface area contributed by atoms with E-state index >= 15 is 0 Å². The molecule has 0 N–H and O–H groups in total. The maximum atomic E-state index is 7.49. The Labute approximate surface area is 668 Å². The van der Waals surface area contributed by atoms with E-state index in [1.54, 1.807) is 0 Å². The number of rotatable bonds is 30. The Hall–Kier alpha value is -9.81. The van der Waals surface area contributed by atoms with Gasteiger partial charge in [-0.2, -0.15) is 0 Å². The summed E-state index contributed by atoms with van der Waals surface area (Å²) in [6, 6.07) is 112. The Bertz CT molecular complexity index is 5130. The SMILES string of the molecule is CCc1ccc(Cc2cc3c(c4ccccc24)CO[C@]32O[C@H](COCc3ccccc3)[C@@H](OCc3ccccc3)[C@H](OCc3ccccc3)[C@H]2OCc2ccccc2)cc1.ClCc1cc2c(c3ccccc13)CO[C@]21O[C@H](COCc2ccccc2)[C@@H](OCc2ccccc2)[C@H](OCc2ccccc2)[C@H]1OCc1ccccc1. The summed E-state index contributed by atoms with van der Waals surface area (Å²) >= 11 is 6.66. The fourth-order valence-corrected chi connectivity index (χ4v) is 16.4. The second-order valence-corrected chi connectivity index (χ2v) is 29.7. The van der Waals surface area contributed by atoms with E-state index in [1.165, 1.54) is 22.1 Å². The van der Waals surface area contributed by atoms with Crippen LogP contribution in [0.15, 0.2) is 328 Å². The molecule has 2 spiro atoms. The summed E-state index contributed by atoms with van der Waals surface area (Å²) in [4.78, 5) is 0. The number of aryl methyl sites for hydroxylation is 1. The van der Waals surface area contributed by atoms with Gasteiger partial charge in [-0.15, -0.1) is 11.6 Å². The van der Waals surface area contributed by atoms with Crippen molar-refractivity contribution in [2.24, 2.45) is 0 Å². The van der Waals surface area contributed by atoms with Crippen LogP contribution in [0.25, 0.3) is 21.5 Å². The third-order valence-electron chi connectivity index (χ3n) is 21.9. The molecule has 113 heavy (non-hydrogen) atoms. The molecule has 4 aliphatic heterocycles. The highest BCUT2D eigenvalue weighted by molar-refractivity contribution is 6.18.